The van der Waals surface area contributed by atoms with Crippen molar-refractivity contribution in [2.24, 2.45) is 5.92 Å². The second-order valence-electron chi connectivity index (χ2n) is 7.16. The van der Waals surface area contributed by atoms with Gasteiger partial charge in [-0.15, -0.1) is 11.6 Å². The molecule has 0 aromatic carbocycles. The molecule has 0 saturated heterocycles. The molecule has 124 valence electrons. The summed E-state index contributed by atoms with van der Waals surface area (Å²) in [5.41, 5.74) is 1.03. The molecule has 0 aromatic rings. The summed E-state index contributed by atoms with van der Waals surface area (Å²) in [6, 6.07) is 0. The molecule has 3 atom stereocenters. The van der Waals surface area contributed by atoms with Crippen LogP contribution in [0.25, 0.3) is 0 Å². The molecule has 5 heteroatoms. The van der Waals surface area contributed by atoms with Crippen molar-refractivity contribution in [1.29, 1.82) is 0 Å². The van der Waals surface area contributed by atoms with E-state index in [9.17, 15) is 0 Å². The molecule has 0 aromatic heterocycles. The predicted octanol–water partition coefficient (Wildman–Crippen LogP) is 5.90. The van der Waals surface area contributed by atoms with Crippen LogP contribution in [0, 0.1) is 5.92 Å². The molecule has 1 saturated carbocycles. The SMILES string of the molecule is CCCCCC1C(OC)(O[Si](C)(C)C)C1(Cl)C(Cl)=C(C)C. The van der Waals surface area contributed by atoms with Crippen LogP contribution in [0.15, 0.2) is 10.6 Å². The summed E-state index contributed by atoms with van der Waals surface area (Å²) >= 11 is 13.5. The minimum atomic E-state index is -1.80. The van der Waals surface area contributed by atoms with Gasteiger partial charge >= 0.3 is 0 Å². The molecule has 1 fully saturated rings. The van der Waals surface area contributed by atoms with Gasteiger partial charge < -0.3 is 9.16 Å². The zero-order valence-electron chi connectivity index (χ0n) is 14.5. The number of hydrogen-bond acceptors (Lipinski definition) is 2. The molecule has 0 amide bonds. The van der Waals surface area contributed by atoms with Gasteiger partial charge in [-0.25, -0.2) is 0 Å². The molecule has 1 aliphatic carbocycles. The zero-order chi connectivity index (χ0) is 16.5. The Bertz CT molecular complexity index is 402. The highest BCUT2D eigenvalue weighted by Gasteiger charge is 2.80. The Labute approximate surface area is 141 Å². The minimum absolute atomic E-state index is 0.123. The summed E-state index contributed by atoms with van der Waals surface area (Å²) < 4.78 is 12.2. The maximum absolute atomic E-state index is 6.95. The van der Waals surface area contributed by atoms with Crippen molar-refractivity contribution < 1.29 is 9.16 Å². The summed E-state index contributed by atoms with van der Waals surface area (Å²) in [4.78, 5) is -0.726. The summed E-state index contributed by atoms with van der Waals surface area (Å²) in [5.74, 6) is -0.640. The molecule has 0 bridgehead atoms. The summed E-state index contributed by atoms with van der Waals surface area (Å²) in [7, 11) is -0.114. The van der Waals surface area contributed by atoms with E-state index in [0.717, 1.165) is 18.4 Å². The summed E-state index contributed by atoms with van der Waals surface area (Å²) in [5, 5.41) is 0.686. The number of methoxy groups -OCH3 is 1. The van der Waals surface area contributed by atoms with Gasteiger partial charge in [-0.2, -0.15) is 0 Å². The topological polar surface area (TPSA) is 18.5 Å². The molecule has 1 rings (SSSR count). The van der Waals surface area contributed by atoms with Crippen LogP contribution in [0.4, 0.5) is 0 Å². The molecule has 3 unspecified atom stereocenters. The number of unbranched alkanes of at least 4 members (excludes halogenated alkanes) is 2. The lowest BCUT2D eigenvalue weighted by molar-refractivity contribution is -0.103. The Morgan fingerprint density at radius 2 is 1.76 bits per heavy atom. The number of alkyl halides is 1. The summed E-state index contributed by atoms with van der Waals surface area (Å²) in [6.45, 7) is 12.6. The van der Waals surface area contributed by atoms with E-state index >= 15 is 0 Å². The van der Waals surface area contributed by atoms with Crippen LogP contribution in [-0.4, -0.2) is 26.1 Å². The predicted molar refractivity (Wildman–Crippen MR) is 94.6 cm³/mol. The Kier molecular flexibility index (Phi) is 6.43. The molecule has 21 heavy (non-hydrogen) atoms. The number of halogens is 2. The van der Waals surface area contributed by atoms with E-state index in [-0.39, 0.29) is 5.92 Å². The smallest absolute Gasteiger partial charge is 0.188 e. The Morgan fingerprint density at radius 3 is 2.14 bits per heavy atom. The quantitative estimate of drug-likeness (QED) is 0.234. The fraction of sp³-hybridized carbons (Fsp3) is 0.875. The van der Waals surface area contributed by atoms with Gasteiger partial charge in [0.1, 0.15) is 4.87 Å². The van der Waals surface area contributed by atoms with Crippen LogP contribution in [0.2, 0.25) is 19.6 Å². The molecule has 0 radical (unpaired) electrons. The van der Waals surface area contributed by atoms with Crippen LogP contribution in [0.5, 0.6) is 0 Å². The first-order valence-corrected chi connectivity index (χ1v) is 12.0. The maximum Gasteiger partial charge on any atom is 0.188 e. The van der Waals surface area contributed by atoms with Crippen molar-refractivity contribution in [3.8, 4) is 0 Å². The third-order valence-electron chi connectivity index (χ3n) is 3.98. The van der Waals surface area contributed by atoms with Crippen molar-refractivity contribution in [1.82, 2.24) is 0 Å². The van der Waals surface area contributed by atoms with Crippen molar-refractivity contribution >= 4 is 31.5 Å². The molecule has 0 aliphatic heterocycles. The van der Waals surface area contributed by atoms with Gasteiger partial charge in [-0.3, -0.25) is 0 Å². The monoisotopic (exact) mass is 352 g/mol. The number of hydrogen-bond donors (Lipinski definition) is 0. The normalized spacial score (nSPS) is 32.1. The molecule has 0 heterocycles. The minimum Gasteiger partial charge on any atom is -0.389 e. The van der Waals surface area contributed by atoms with Gasteiger partial charge in [0.05, 0.1) is 0 Å². The average molecular weight is 353 g/mol. The van der Waals surface area contributed by atoms with Gasteiger partial charge in [0.25, 0.3) is 0 Å². The van der Waals surface area contributed by atoms with Gasteiger partial charge in [0.15, 0.2) is 14.1 Å². The average Bonchev–Trinajstić information content (AvgIpc) is 2.87. The summed E-state index contributed by atoms with van der Waals surface area (Å²) in [6.07, 6.45) is 4.50. The van der Waals surface area contributed by atoms with E-state index in [1.807, 2.05) is 13.8 Å². The lowest BCUT2D eigenvalue weighted by atomic mass is 10.1. The molecule has 1 aliphatic rings. The third kappa shape index (κ3) is 3.69. The molecular formula is C16H30Cl2O2Si. The molecule has 0 spiro atoms. The second kappa shape index (κ2) is 6.92. The van der Waals surface area contributed by atoms with Gasteiger partial charge in [0.2, 0.25) is 0 Å². The molecular weight excluding hydrogens is 323 g/mol. The molecule has 0 N–H and O–H groups in total. The lowest BCUT2D eigenvalue weighted by Gasteiger charge is -2.28. The third-order valence-corrected chi connectivity index (χ3v) is 6.38. The van der Waals surface area contributed by atoms with Crippen molar-refractivity contribution in [3.05, 3.63) is 10.6 Å². The van der Waals surface area contributed by atoms with E-state index in [1.165, 1.54) is 12.8 Å². The van der Waals surface area contributed by atoms with Crippen molar-refractivity contribution in [3.63, 3.8) is 0 Å². The largest absolute Gasteiger partial charge is 0.389 e. The first-order chi connectivity index (χ1) is 9.56. The van der Waals surface area contributed by atoms with Gasteiger partial charge in [-0.1, -0.05) is 43.4 Å². The van der Waals surface area contributed by atoms with Crippen LogP contribution in [0.3, 0.4) is 0 Å². The van der Waals surface area contributed by atoms with E-state index in [0.29, 0.717) is 5.03 Å². The highest BCUT2D eigenvalue weighted by molar-refractivity contribution is 6.70. The Morgan fingerprint density at radius 1 is 1.19 bits per heavy atom. The van der Waals surface area contributed by atoms with Crippen LogP contribution >= 0.6 is 23.2 Å². The standard InChI is InChI=1S/C16H30Cl2O2Si/c1-8-9-10-11-13-15(18,14(17)12(2)3)16(13,19-4)20-21(5,6)7/h13H,8-11H2,1-7H3. The van der Waals surface area contributed by atoms with Crippen LogP contribution < -0.4 is 0 Å². The van der Waals surface area contributed by atoms with E-state index in [1.54, 1.807) is 7.11 Å². The highest BCUT2D eigenvalue weighted by atomic mass is 35.5. The fourth-order valence-electron chi connectivity index (χ4n) is 3.05. The second-order valence-corrected chi connectivity index (χ2v) is 12.6. The molecule has 2 nitrogen and oxygen atoms in total. The van der Waals surface area contributed by atoms with Crippen LogP contribution in [0.1, 0.15) is 46.5 Å². The van der Waals surface area contributed by atoms with E-state index in [2.05, 4.69) is 26.6 Å². The van der Waals surface area contributed by atoms with Gasteiger partial charge in [-0.05, 0) is 39.9 Å². The number of rotatable bonds is 8. The number of allylic oxidation sites excluding steroid dienone is 1. The zero-order valence-corrected chi connectivity index (χ0v) is 17.0. The Balaban J connectivity index is 3.09. The van der Waals surface area contributed by atoms with Crippen molar-refractivity contribution in [2.45, 2.75) is 76.8 Å². The van der Waals surface area contributed by atoms with Crippen molar-refractivity contribution in [2.75, 3.05) is 7.11 Å². The van der Waals surface area contributed by atoms with Crippen LogP contribution in [-0.2, 0) is 9.16 Å². The first-order valence-electron chi connectivity index (χ1n) is 7.84. The Hall–Kier alpha value is 0.457. The van der Waals surface area contributed by atoms with E-state index < -0.39 is 19.0 Å². The van der Waals surface area contributed by atoms with Gasteiger partial charge in [0, 0.05) is 18.1 Å². The maximum atomic E-state index is 6.95. The number of ether oxygens (including phenoxy) is 1. The lowest BCUT2D eigenvalue weighted by Crippen LogP contribution is -2.39. The fourth-order valence-corrected chi connectivity index (χ4v) is 5.31. The highest BCUT2D eigenvalue weighted by Crippen LogP contribution is 2.69. The first kappa shape index (κ1) is 19.5. The van der Waals surface area contributed by atoms with E-state index in [4.69, 9.17) is 32.4 Å².